The lowest BCUT2D eigenvalue weighted by atomic mass is 10.2. The summed E-state index contributed by atoms with van der Waals surface area (Å²) >= 11 is 11.1. The molecule has 0 aliphatic rings. The Morgan fingerprint density at radius 1 is 1.30 bits per heavy atom. The standard InChI is InChI=1S/C15H11BrClNOS/c1-2-20-15-5-3-4-13(11(15)9-18)19-14-8-10(16)6-7-12(14)17/h3-8H,2H2,1H3. The number of hydrogen-bond donors (Lipinski definition) is 0. The van der Waals surface area contributed by atoms with Crippen molar-refractivity contribution in [3.63, 3.8) is 0 Å². The fraction of sp³-hybridized carbons (Fsp3) is 0.133. The average molecular weight is 369 g/mol. The van der Waals surface area contributed by atoms with E-state index < -0.39 is 0 Å². The van der Waals surface area contributed by atoms with Crippen molar-refractivity contribution in [3.8, 4) is 17.6 Å². The molecule has 0 aliphatic carbocycles. The maximum Gasteiger partial charge on any atom is 0.147 e. The molecular weight excluding hydrogens is 358 g/mol. The monoisotopic (exact) mass is 367 g/mol. The van der Waals surface area contributed by atoms with Gasteiger partial charge >= 0.3 is 0 Å². The first-order valence-corrected chi connectivity index (χ1v) is 8.10. The summed E-state index contributed by atoms with van der Waals surface area (Å²) in [5, 5.41) is 9.85. The van der Waals surface area contributed by atoms with Crippen LogP contribution < -0.4 is 4.74 Å². The average Bonchev–Trinajstić information content (AvgIpc) is 2.43. The second-order valence-electron chi connectivity index (χ2n) is 3.85. The van der Waals surface area contributed by atoms with Gasteiger partial charge in [-0.05, 0) is 36.1 Å². The van der Waals surface area contributed by atoms with Gasteiger partial charge in [0.25, 0.3) is 0 Å². The third-order valence-corrected chi connectivity index (χ3v) is 4.26. The van der Waals surface area contributed by atoms with E-state index in [2.05, 4.69) is 22.0 Å². The molecule has 2 aromatic carbocycles. The van der Waals surface area contributed by atoms with Crippen LogP contribution in [0.1, 0.15) is 12.5 Å². The number of ether oxygens (including phenoxy) is 1. The SMILES string of the molecule is CCSc1cccc(Oc2cc(Br)ccc2Cl)c1C#N. The third kappa shape index (κ3) is 3.49. The highest BCUT2D eigenvalue weighted by molar-refractivity contribution is 9.10. The molecule has 0 aromatic heterocycles. The van der Waals surface area contributed by atoms with Crippen LogP contribution in [0.25, 0.3) is 0 Å². The minimum Gasteiger partial charge on any atom is -0.454 e. The Labute approximate surface area is 135 Å². The zero-order valence-corrected chi connectivity index (χ0v) is 13.8. The van der Waals surface area contributed by atoms with E-state index in [0.29, 0.717) is 22.1 Å². The molecule has 0 radical (unpaired) electrons. The fourth-order valence-electron chi connectivity index (χ4n) is 1.66. The molecule has 2 nitrogen and oxygen atoms in total. The normalized spacial score (nSPS) is 10.1. The van der Waals surface area contributed by atoms with Crippen molar-refractivity contribution in [2.45, 2.75) is 11.8 Å². The predicted molar refractivity (Wildman–Crippen MR) is 86.8 cm³/mol. The number of benzene rings is 2. The largest absolute Gasteiger partial charge is 0.454 e. The molecule has 20 heavy (non-hydrogen) atoms. The lowest BCUT2D eigenvalue weighted by molar-refractivity contribution is 0.479. The zero-order chi connectivity index (χ0) is 14.5. The number of rotatable bonds is 4. The van der Waals surface area contributed by atoms with Gasteiger partial charge in [0.05, 0.1) is 5.02 Å². The highest BCUT2D eigenvalue weighted by Crippen LogP contribution is 2.36. The Hall–Kier alpha value is -1.15. The lowest BCUT2D eigenvalue weighted by Crippen LogP contribution is -1.91. The molecular formula is C15H11BrClNOS. The van der Waals surface area contributed by atoms with Gasteiger partial charge < -0.3 is 4.74 Å². The fourth-order valence-corrected chi connectivity index (χ4v) is 2.93. The van der Waals surface area contributed by atoms with Crippen molar-refractivity contribution in [1.29, 1.82) is 5.26 Å². The highest BCUT2D eigenvalue weighted by atomic mass is 79.9. The molecule has 0 N–H and O–H groups in total. The van der Waals surface area contributed by atoms with E-state index in [9.17, 15) is 5.26 Å². The molecule has 0 unspecified atom stereocenters. The third-order valence-electron chi connectivity index (χ3n) is 2.51. The lowest BCUT2D eigenvalue weighted by Gasteiger charge is -2.11. The molecule has 0 atom stereocenters. The quantitative estimate of drug-likeness (QED) is 0.632. The second-order valence-corrected chi connectivity index (χ2v) is 6.48. The summed E-state index contributed by atoms with van der Waals surface area (Å²) in [4.78, 5) is 0.915. The smallest absolute Gasteiger partial charge is 0.147 e. The van der Waals surface area contributed by atoms with E-state index in [4.69, 9.17) is 16.3 Å². The van der Waals surface area contributed by atoms with Crippen LogP contribution in [0, 0.1) is 11.3 Å². The maximum absolute atomic E-state index is 9.34. The van der Waals surface area contributed by atoms with Gasteiger partial charge in [-0.1, -0.05) is 40.5 Å². The van der Waals surface area contributed by atoms with Gasteiger partial charge in [-0.15, -0.1) is 11.8 Å². The summed E-state index contributed by atoms with van der Waals surface area (Å²) in [5.41, 5.74) is 0.537. The van der Waals surface area contributed by atoms with Gasteiger partial charge in [0, 0.05) is 9.37 Å². The van der Waals surface area contributed by atoms with E-state index in [1.807, 2.05) is 25.1 Å². The van der Waals surface area contributed by atoms with E-state index in [1.54, 1.807) is 30.0 Å². The Morgan fingerprint density at radius 3 is 2.80 bits per heavy atom. The minimum absolute atomic E-state index is 0.505. The van der Waals surface area contributed by atoms with E-state index >= 15 is 0 Å². The number of halogens is 2. The van der Waals surface area contributed by atoms with Crippen LogP contribution in [0.5, 0.6) is 11.5 Å². The molecule has 0 spiro atoms. The van der Waals surface area contributed by atoms with Crippen LogP contribution in [-0.2, 0) is 0 Å². The molecule has 2 rings (SSSR count). The Morgan fingerprint density at radius 2 is 2.10 bits per heavy atom. The summed E-state index contributed by atoms with van der Waals surface area (Å²) in [6.07, 6.45) is 0. The van der Waals surface area contributed by atoms with Crippen LogP contribution in [0.2, 0.25) is 5.02 Å². The molecule has 0 aliphatic heterocycles. The molecule has 2 aromatic rings. The van der Waals surface area contributed by atoms with Crippen molar-refractivity contribution in [2.75, 3.05) is 5.75 Å². The molecule has 102 valence electrons. The molecule has 0 fully saturated rings. The number of hydrogen-bond acceptors (Lipinski definition) is 3. The van der Waals surface area contributed by atoms with Crippen LogP contribution in [0.3, 0.4) is 0 Å². The summed E-state index contributed by atoms with van der Waals surface area (Å²) in [7, 11) is 0. The summed E-state index contributed by atoms with van der Waals surface area (Å²) in [6, 6.07) is 13.1. The molecule has 5 heteroatoms. The van der Waals surface area contributed by atoms with E-state index in [0.717, 1.165) is 15.1 Å². The zero-order valence-electron chi connectivity index (χ0n) is 10.7. The van der Waals surface area contributed by atoms with Crippen molar-refractivity contribution in [3.05, 3.63) is 51.5 Å². The van der Waals surface area contributed by atoms with Gasteiger partial charge in [-0.25, -0.2) is 0 Å². The first-order chi connectivity index (χ1) is 9.65. The number of nitrogens with zero attached hydrogens (tertiary/aromatic N) is 1. The van der Waals surface area contributed by atoms with Crippen LogP contribution in [-0.4, -0.2) is 5.75 Å². The summed E-state index contributed by atoms with van der Waals surface area (Å²) < 4.78 is 6.67. The first kappa shape index (κ1) is 15.2. The molecule has 0 bridgehead atoms. The number of nitriles is 1. The molecule has 0 amide bonds. The highest BCUT2D eigenvalue weighted by Gasteiger charge is 2.12. The van der Waals surface area contributed by atoms with Crippen molar-refractivity contribution < 1.29 is 4.74 Å². The summed E-state index contributed by atoms with van der Waals surface area (Å²) in [5.74, 6) is 1.94. The van der Waals surface area contributed by atoms with Crippen LogP contribution >= 0.6 is 39.3 Å². The topological polar surface area (TPSA) is 33.0 Å². The minimum atomic E-state index is 0.505. The van der Waals surface area contributed by atoms with E-state index in [-0.39, 0.29) is 0 Å². The first-order valence-electron chi connectivity index (χ1n) is 5.94. The van der Waals surface area contributed by atoms with Gasteiger partial charge in [0.1, 0.15) is 23.1 Å². The van der Waals surface area contributed by atoms with Gasteiger partial charge in [-0.2, -0.15) is 5.26 Å². The van der Waals surface area contributed by atoms with E-state index in [1.165, 1.54) is 0 Å². The maximum atomic E-state index is 9.34. The van der Waals surface area contributed by atoms with Crippen LogP contribution in [0.4, 0.5) is 0 Å². The Kier molecular flexibility index (Phi) is 5.36. The second kappa shape index (κ2) is 7.03. The van der Waals surface area contributed by atoms with Crippen molar-refractivity contribution >= 4 is 39.3 Å². The van der Waals surface area contributed by atoms with Crippen molar-refractivity contribution in [2.24, 2.45) is 0 Å². The summed E-state index contributed by atoms with van der Waals surface area (Å²) in [6.45, 7) is 2.05. The predicted octanol–water partition coefficient (Wildman–Crippen LogP) is 5.88. The van der Waals surface area contributed by atoms with Crippen LogP contribution in [0.15, 0.2) is 45.8 Å². The van der Waals surface area contributed by atoms with Gasteiger partial charge in [0.2, 0.25) is 0 Å². The molecule has 0 saturated heterocycles. The molecule has 0 heterocycles. The van der Waals surface area contributed by atoms with Gasteiger partial charge in [0.15, 0.2) is 0 Å². The Bertz CT molecular complexity index is 669. The number of thioether (sulfide) groups is 1. The molecule has 0 saturated carbocycles. The Balaban J connectivity index is 2.41. The van der Waals surface area contributed by atoms with Gasteiger partial charge in [-0.3, -0.25) is 0 Å². The van der Waals surface area contributed by atoms with Crippen molar-refractivity contribution in [1.82, 2.24) is 0 Å².